The zero-order chi connectivity index (χ0) is 21.5. The number of morpholine rings is 1. The SMILES string of the molecule is NC(=O)c1nsc(C(=O)N(CCN2CCOCC2)CC(=O)NC2CCCCC2)c1N. The van der Waals surface area contributed by atoms with Crippen molar-refractivity contribution in [3.05, 3.63) is 10.6 Å². The van der Waals surface area contributed by atoms with Gasteiger partial charge in [0.05, 0.1) is 25.4 Å². The average Bonchev–Trinajstić information content (AvgIpc) is 3.13. The van der Waals surface area contributed by atoms with Crippen LogP contribution in [-0.2, 0) is 9.53 Å². The number of primary amides is 1. The predicted molar refractivity (Wildman–Crippen MR) is 113 cm³/mol. The van der Waals surface area contributed by atoms with E-state index < -0.39 is 11.8 Å². The lowest BCUT2D eigenvalue weighted by molar-refractivity contribution is -0.122. The molecule has 5 N–H and O–H groups in total. The van der Waals surface area contributed by atoms with E-state index >= 15 is 0 Å². The molecular formula is C19H30N6O4S. The molecule has 2 heterocycles. The maximum Gasteiger partial charge on any atom is 0.270 e. The fourth-order valence-corrected chi connectivity index (χ4v) is 4.58. The van der Waals surface area contributed by atoms with Gasteiger partial charge in [0.1, 0.15) is 4.88 Å². The first-order valence-electron chi connectivity index (χ1n) is 10.4. The molecule has 0 unspecified atom stereocenters. The molecular weight excluding hydrogens is 408 g/mol. The largest absolute Gasteiger partial charge is 0.395 e. The Morgan fingerprint density at radius 2 is 1.90 bits per heavy atom. The van der Waals surface area contributed by atoms with Crippen molar-refractivity contribution in [3.63, 3.8) is 0 Å². The maximum atomic E-state index is 13.1. The molecule has 2 aliphatic rings. The van der Waals surface area contributed by atoms with Crippen LogP contribution in [0.4, 0.5) is 5.69 Å². The number of nitrogens with zero attached hydrogens (tertiary/aromatic N) is 3. The van der Waals surface area contributed by atoms with Crippen LogP contribution in [0.1, 0.15) is 52.3 Å². The minimum Gasteiger partial charge on any atom is -0.395 e. The van der Waals surface area contributed by atoms with Crippen LogP contribution in [0.2, 0.25) is 0 Å². The molecule has 1 saturated heterocycles. The average molecular weight is 439 g/mol. The van der Waals surface area contributed by atoms with E-state index in [0.29, 0.717) is 26.3 Å². The summed E-state index contributed by atoms with van der Waals surface area (Å²) >= 11 is 0.833. The molecule has 10 nitrogen and oxygen atoms in total. The minimum absolute atomic E-state index is 0.0263. The van der Waals surface area contributed by atoms with Gasteiger partial charge in [0.25, 0.3) is 11.8 Å². The molecule has 1 aliphatic carbocycles. The number of rotatable bonds is 8. The lowest BCUT2D eigenvalue weighted by atomic mass is 9.95. The lowest BCUT2D eigenvalue weighted by Gasteiger charge is -2.30. The van der Waals surface area contributed by atoms with Crippen molar-refractivity contribution in [3.8, 4) is 0 Å². The number of carbonyl (C=O) groups is 3. The van der Waals surface area contributed by atoms with Gasteiger partial charge >= 0.3 is 0 Å². The Kier molecular flexibility index (Phi) is 8.00. The van der Waals surface area contributed by atoms with E-state index in [9.17, 15) is 14.4 Å². The summed E-state index contributed by atoms with van der Waals surface area (Å²) in [4.78, 5) is 41.0. The monoisotopic (exact) mass is 438 g/mol. The maximum absolute atomic E-state index is 13.1. The van der Waals surface area contributed by atoms with Crippen LogP contribution in [-0.4, -0.2) is 83.9 Å². The molecule has 0 atom stereocenters. The van der Waals surface area contributed by atoms with Crippen LogP contribution in [0.5, 0.6) is 0 Å². The van der Waals surface area contributed by atoms with Crippen LogP contribution in [0.25, 0.3) is 0 Å². The number of nitrogens with one attached hydrogen (secondary N) is 1. The first-order valence-corrected chi connectivity index (χ1v) is 11.2. The Morgan fingerprint density at radius 3 is 2.53 bits per heavy atom. The molecule has 0 bridgehead atoms. The summed E-state index contributed by atoms with van der Waals surface area (Å²) in [5.74, 6) is -1.38. The summed E-state index contributed by atoms with van der Waals surface area (Å²) in [6, 6.07) is 0.164. The van der Waals surface area contributed by atoms with Gasteiger partial charge in [-0.1, -0.05) is 19.3 Å². The van der Waals surface area contributed by atoms with Gasteiger partial charge in [0.15, 0.2) is 5.69 Å². The van der Waals surface area contributed by atoms with E-state index in [1.165, 1.54) is 11.3 Å². The Balaban J connectivity index is 1.68. The number of nitrogen functional groups attached to an aromatic ring is 1. The Hall–Kier alpha value is -2.24. The van der Waals surface area contributed by atoms with Crippen molar-refractivity contribution >= 4 is 34.9 Å². The van der Waals surface area contributed by atoms with Gasteiger partial charge in [-0.15, -0.1) is 0 Å². The molecule has 30 heavy (non-hydrogen) atoms. The first-order chi connectivity index (χ1) is 14.5. The summed E-state index contributed by atoms with van der Waals surface area (Å²) in [6.07, 6.45) is 5.35. The number of nitrogens with two attached hydrogens (primary N) is 2. The molecule has 1 aromatic heterocycles. The zero-order valence-corrected chi connectivity index (χ0v) is 17.9. The molecule has 1 aromatic rings. The van der Waals surface area contributed by atoms with Gasteiger partial charge in [0, 0.05) is 32.2 Å². The number of amides is 3. The number of hydrogen-bond acceptors (Lipinski definition) is 8. The van der Waals surface area contributed by atoms with Crippen molar-refractivity contribution in [2.45, 2.75) is 38.1 Å². The second-order valence-electron chi connectivity index (χ2n) is 7.72. The van der Waals surface area contributed by atoms with E-state index in [-0.39, 0.29) is 34.8 Å². The third-order valence-electron chi connectivity index (χ3n) is 5.54. The number of ether oxygens (including phenoxy) is 1. The topological polar surface area (TPSA) is 144 Å². The minimum atomic E-state index is -0.780. The van der Waals surface area contributed by atoms with Crippen molar-refractivity contribution < 1.29 is 19.1 Å². The van der Waals surface area contributed by atoms with Crippen LogP contribution in [0, 0.1) is 0 Å². The molecule has 0 aromatic carbocycles. The van der Waals surface area contributed by atoms with Gasteiger partial charge in [-0.2, -0.15) is 4.37 Å². The fourth-order valence-electron chi connectivity index (χ4n) is 3.81. The highest BCUT2D eigenvalue weighted by Crippen LogP contribution is 2.23. The van der Waals surface area contributed by atoms with Crippen molar-refractivity contribution in [1.82, 2.24) is 19.5 Å². The second kappa shape index (κ2) is 10.7. The molecule has 0 radical (unpaired) electrons. The lowest BCUT2D eigenvalue weighted by Crippen LogP contribution is -2.48. The van der Waals surface area contributed by atoms with Crippen molar-refractivity contribution in [2.75, 3.05) is 51.7 Å². The summed E-state index contributed by atoms with van der Waals surface area (Å²) in [6.45, 7) is 3.78. The summed E-state index contributed by atoms with van der Waals surface area (Å²) in [7, 11) is 0. The molecule has 3 amide bonds. The normalized spacial score (nSPS) is 18.1. The molecule has 0 spiro atoms. The number of carbonyl (C=O) groups excluding carboxylic acids is 3. The smallest absolute Gasteiger partial charge is 0.270 e. The highest BCUT2D eigenvalue weighted by atomic mass is 32.1. The second-order valence-corrected chi connectivity index (χ2v) is 8.49. The Bertz CT molecular complexity index is 758. The van der Waals surface area contributed by atoms with E-state index in [1.54, 1.807) is 0 Å². The summed E-state index contributed by atoms with van der Waals surface area (Å²) < 4.78 is 9.27. The number of anilines is 1. The van der Waals surface area contributed by atoms with Crippen LogP contribution < -0.4 is 16.8 Å². The standard InChI is InChI=1S/C19H30N6O4S/c20-15-16(18(21)27)23-30-17(15)19(28)25(7-6-24-8-10-29-11-9-24)12-14(26)22-13-4-2-1-3-5-13/h13H,1-12,20H2,(H2,21,27)(H,22,26). The van der Waals surface area contributed by atoms with Gasteiger partial charge in [-0.3, -0.25) is 19.3 Å². The van der Waals surface area contributed by atoms with Gasteiger partial charge in [-0.25, -0.2) is 0 Å². The third kappa shape index (κ3) is 5.89. The van der Waals surface area contributed by atoms with Crippen molar-refractivity contribution in [1.29, 1.82) is 0 Å². The molecule has 1 saturated carbocycles. The third-order valence-corrected chi connectivity index (χ3v) is 6.39. The van der Waals surface area contributed by atoms with Crippen LogP contribution in [0.15, 0.2) is 0 Å². The summed E-state index contributed by atoms with van der Waals surface area (Å²) in [5, 5.41) is 3.05. The first kappa shape index (κ1) is 22.4. The quantitative estimate of drug-likeness (QED) is 0.520. The molecule has 11 heteroatoms. The van der Waals surface area contributed by atoms with E-state index in [1.807, 2.05) is 0 Å². The van der Waals surface area contributed by atoms with E-state index in [0.717, 1.165) is 50.3 Å². The Morgan fingerprint density at radius 1 is 1.20 bits per heavy atom. The van der Waals surface area contributed by atoms with Crippen LogP contribution >= 0.6 is 11.5 Å². The molecule has 1 aliphatic heterocycles. The zero-order valence-electron chi connectivity index (χ0n) is 17.1. The predicted octanol–water partition coefficient (Wildman–Crippen LogP) is 0.0475. The highest BCUT2D eigenvalue weighted by Gasteiger charge is 2.27. The van der Waals surface area contributed by atoms with Gasteiger partial charge < -0.3 is 26.4 Å². The number of hydrogen-bond donors (Lipinski definition) is 3. The molecule has 3 rings (SSSR count). The van der Waals surface area contributed by atoms with Crippen LogP contribution in [0.3, 0.4) is 0 Å². The number of aromatic nitrogens is 1. The van der Waals surface area contributed by atoms with E-state index in [2.05, 4.69) is 14.6 Å². The van der Waals surface area contributed by atoms with Gasteiger partial charge in [-0.05, 0) is 24.4 Å². The fraction of sp³-hybridized carbons (Fsp3) is 0.684. The molecule has 2 fully saturated rings. The Labute approximate surface area is 180 Å². The van der Waals surface area contributed by atoms with Crippen molar-refractivity contribution in [2.24, 2.45) is 5.73 Å². The molecule has 166 valence electrons. The highest BCUT2D eigenvalue weighted by molar-refractivity contribution is 7.09. The van der Waals surface area contributed by atoms with Gasteiger partial charge in [0.2, 0.25) is 5.91 Å². The van der Waals surface area contributed by atoms with E-state index in [4.69, 9.17) is 16.2 Å². The summed E-state index contributed by atoms with van der Waals surface area (Å²) in [5.41, 5.74) is 11.1.